The molecule has 3 rings (SSSR count). The second-order valence-corrected chi connectivity index (χ2v) is 11.2. The highest BCUT2D eigenvalue weighted by Gasteiger charge is 2.32. The molecule has 2 N–H and O–H groups in total. The zero-order valence-electron chi connectivity index (χ0n) is 22.5. The van der Waals surface area contributed by atoms with Gasteiger partial charge in [0.15, 0.2) is 0 Å². The van der Waals surface area contributed by atoms with E-state index in [4.69, 9.17) is 18.7 Å². The molecular weight excluding hydrogens is 509 g/mol. The van der Waals surface area contributed by atoms with Gasteiger partial charge >= 0.3 is 19.5 Å². The van der Waals surface area contributed by atoms with E-state index >= 15 is 0 Å². The highest BCUT2D eigenvalue weighted by Crippen LogP contribution is 2.44. The summed E-state index contributed by atoms with van der Waals surface area (Å²) in [5.41, 5.74) is 4.46. The summed E-state index contributed by atoms with van der Waals surface area (Å²) in [4.78, 5) is 24.3. The number of benzene rings is 2. The molecule has 0 saturated heterocycles. The molecule has 0 radical (unpaired) electrons. The molecule has 9 nitrogen and oxygen atoms in total. The standard InChI is InChI=1S/C28H36NO8P/c1-6-22-19(4)24-16-36-28(32)25(24)26(30)23(22)14-13-18(3)15-34-17-38(33,29-20(5)27(31)35-7-2)37-21-11-9-8-10-12-21/h8-13,20,30H,6-7,14-17H2,1-5H3,(H,29,33)/b18-13+. The van der Waals surface area contributed by atoms with Crippen molar-refractivity contribution < 1.29 is 38.0 Å². The van der Waals surface area contributed by atoms with Crippen LogP contribution in [-0.2, 0) is 43.0 Å². The van der Waals surface area contributed by atoms with Crippen molar-refractivity contribution in [1.82, 2.24) is 5.09 Å². The van der Waals surface area contributed by atoms with Crippen molar-refractivity contribution in [3.8, 4) is 11.5 Å². The van der Waals surface area contributed by atoms with E-state index in [1.54, 1.807) is 38.1 Å². The van der Waals surface area contributed by atoms with Gasteiger partial charge in [0.2, 0.25) is 0 Å². The van der Waals surface area contributed by atoms with E-state index in [-0.39, 0.29) is 37.5 Å². The number of fused-ring (bicyclic) bond motifs is 1. The monoisotopic (exact) mass is 545 g/mol. The molecule has 0 bridgehead atoms. The van der Waals surface area contributed by atoms with E-state index < -0.39 is 25.5 Å². The molecule has 0 saturated carbocycles. The zero-order valence-corrected chi connectivity index (χ0v) is 23.4. The Morgan fingerprint density at radius 2 is 1.95 bits per heavy atom. The Bertz CT molecular complexity index is 1240. The summed E-state index contributed by atoms with van der Waals surface area (Å²) in [5, 5.41) is 13.6. The molecule has 0 fully saturated rings. The minimum atomic E-state index is -3.64. The number of phenols is 1. The maximum Gasteiger partial charge on any atom is 0.342 e. The first-order valence-electron chi connectivity index (χ1n) is 12.6. The summed E-state index contributed by atoms with van der Waals surface area (Å²) in [6.07, 6.45) is 2.70. The number of hydrogen-bond donors (Lipinski definition) is 2. The van der Waals surface area contributed by atoms with Gasteiger partial charge in [-0.2, -0.15) is 0 Å². The summed E-state index contributed by atoms with van der Waals surface area (Å²) in [6.45, 7) is 9.58. The first-order valence-corrected chi connectivity index (χ1v) is 14.5. The number of esters is 2. The molecule has 2 atom stereocenters. The largest absolute Gasteiger partial charge is 0.507 e. The summed E-state index contributed by atoms with van der Waals surface area (Å²) < 4.78 is 35.3. The van der Waals surface area contributed by atoms with Crippen LogP contribution < -0.4 is 9.61 Å². The van der Waals surface area contributed by atoms with Gasteiger partial charge in [0.1, 0.15) is 36.1 Å². The lowest BCUT2D eigenvalue weighted by Gasteiger charge is -2.23. The molecule has 206 valence electrons. The fraction of sp³-hybridized carbons (Fsp3) is 0.429. The number of nitrogens with one attached hydrogen (secondary N) is 1. The molecular formula is C28H36NO8P. The van der Waals surface area contributed by atoms with Gasteiger partial charge in [-0.1, -0.05) is 36.8 Å². The van der Waals surface area contributed by atoms with Crippen LogP contribution in [0, 0.1) is 6.92 Å². The lowest BCUT2D eigenvalue weighted by molar-refractivity contribution is -0.144. The van der Waals surface area contributed by atoms with Crippen LogP contribution >= 0.6 is 7.52 Å². The molecule has 38 heavy (non-hydrogen) atoms. The fourth-order valence-electron chi connectivity index (χ4n) is 4.36. The lowest BCUT2D eigenvalue weighted by atomic mass is 9.89. The molecule has 0 aliphatic carbocycles. The first kappa shape index (κ1) is 29.4. The van der Waals surface area contributed by atoms with Crippen LogP contribution in [0.5, 0.6) is 11.5 Å². The highest BCUT2D eigenvalue weighted by atomic mass is 31.2. The maximum atomic E-state index is 13.6. The topological polar surface area (TPSA) is 120 Å². The van der Waals surface area contributed by atoms with Gasteiger partial charge in [0.25, 0.3) is 0 Å². The fourth-order valence-corrected chi connectivity index (χ4v) is 6.03. The molecule has 0 spiro atoms. The van der Waals surface area contributed by atoms with Crippen LogP contribution in [0.2, 0.25) is 0 Å². The van der Waals surface area contributed by atoms with Crippen molar-refractivity contribution in [3.05, 3.63) is 69.8 Å². The van der Waals surface area contributed by atoms with Crippen molar-refractivity contribution in [2.24, 2.45) is 0 Å². The van der Waals surface area contributed by atoms with Crippen molar-refractivity contribution >= 4 is 19.5 Å². The van der Waals surface area contributed by atoms with Crippen LogP contribution in [-0.4, -0.2) is 42.6 Å². The van der Waals surface area contributed by atoms with Gasteiger partial charge in [0.05, 0.1) is 13.2 Å². The van der Waals surface area contributed by atoms with Gasteiger partial charge in [-0.25, -0.2) is 9.88 Å². The van der Waals surface area contributed by atoms with Gasteiger partial charge in [-0.15, -0.1) is 0 Å². The average molecular weight is 546 g/mol. The number of ether oxygens (including phenoxy) is 3. The second kappa shape index (κ2) is 13.1. The van der Waals surface area contributed by atoms with Gasteiger partial charge in [-0.05, 0) is 63.8 Å². The third kappa shape index (κ3) is 7.04. The molecule has 1 aliphatic rings. The van der Waals surface area contributed by atoms with Crippen LogP contribution in [0.4, 0.5) is 0 Å². The number of cyclic esters (lactones) is 1. The molecule has 1 heterocycles. The molecule has 2 aromatic carbocycles. The van der Waals surface area contributed by atoms with Gasteiger partial charge < -0.3 is 23.8 Å². The van der Waals surface area contributed by atoms with Crippen LogP contribution in [0.3, 0.4) is 0 Å². The van der Waals surface area contributed by atoms with Crippen molar-refractivity contribution in [2.75, 3.05) is 19.6 Å². The number of phenolic OH excluding ortho intramolecular Hbond substituents is 1. The Balaban J connectivity index is 1.71. The van der Waals surface area contributed by atoms with Crippen molar-refractivity contribution in [2.45, 2.75) is 60.1 Å². The predicted octanol–water partition coefficient (Wildman–Crippen LogP) is 5.21. The van der Waals surface area contributed by atoms with E-state index in [1.165, 1.54) is 0 Å². The Hall–Kier alpha value is -3.13. The smallest absolute Gasteiger partial charge is 0.342 e. The summed E-state index contributed by atoms with van der Waals surface area (Å²) in [7, 11) is -3.64. The SMILES string of the molecule is CCOC(=O)C(C)NP(=O)(COC/C(C)=C/Cc1c(O)c2c(c(C)c1CC)COC2=O)Oc1ccccc1. The molecule has 1 aliphatic heterocycles. The molecule has 0 aromatic heterocycles. The first-order chi connectivity index (χ1) is 18.1. The third-order valence-electron chi connectivity index (χ3n) is 6.27. The predicted molar refractivity (Wildman–Crippen MR) is 144 cm³/mol. The van der Waals surface area contributed by atoms with Crippen molar-refractivity contribution in [3.63, 3.8) is 0 Å². The van der Waals surface area contributed by atoms with E-state index in [0.29, 0.717) is 24.2 Å². The summed E-state index contributed by atoms with van der Waals surface area (Å²) in [5.74, 6) is -0.705. The Morgan fingerprint density at radius 1 is 1.24 bits per heavy atom. The Morgan fingerprint density at radius 3 is 2.61 bits per heavy atom. The Kier molecular flexibility index (Phi) is 10.1. The number of hydrogen-bond acceptors (Lipinski definition) is 8. The van der Waals surface area contributed by atoms with Crippen molar-refractivity contribution in [1.29, 1.82) is 0 Å². The van der Waals surface area contributed by atoms with E-state index in [1.807, 2.05) is 32.9 Å². The van der Waals surface area contributed by atoms with E-state index in [2.05, 4.69) is 5.09 Å². The Labute approximate surface area is 223 Å². The molecule has 0 amide bonds. The molecule has 10 heteroatoms. The quantitative estimate of drug-likeness (QED) is 0.199. The lowest BCUT2D eigenvalue weighted by Crippen LogP contribution is -2.35. The summed E-state index contributed by atoms with van der Waals surface area (Å²) in [6, 6.07) is 7.78. The van der Waals surface area contributed by atoms with Gasteiger partial charge in [-0.3, -0.25) is 9.36 Å². The number of allylic oxidation sites excluding steroid dienone is 1. The van der Waals surface area contributed by atoms with E-state index in [9.17, 15) is 19.3 Å². The third-order valence-corrected chi connectivity index (χ3v) is 8.08. The normalized spacial score (nSPS) is 15.4. The highest BCUT2D eigenvalue weighted by molar-refractivity contribution is 7.57. The molecule has 2 aromatic rings. The van der Waals surface area contributed by atoms with Crippen LogP contribution in [0.1, 0.15) is 60.3 Å². The van der Waals surface area contributed by atoms with Crippen LogP contribution in [0.15, 0.2) is 42.0 Å². The second-order valence-electron chi connectivity index (χ2n) is 9.13. The van der Waals surface area contributed by atoms with Crippen LogP contribution in [0.25, 0.3) is 0 Å². The number of rotatable bonds is 13. The van der Waals surface area contributed by atoms with Gasteiger partial charge in [0, 0.05) is 11.1 Å². The minimum absolute atomic E-state index is 0.0344. The van der Waals surface area contributed by atoms with E-state index in [0.717, 1.165) is 22.3 Å². The zero-order chi connectivity index (χ0) is 27.9. The maximum absolute atomic E-state index is 13.6. The number of carbonyl (C=O) groups is 2. The number of carbonyl (C=O) groups excluding carboxylic acids is 2. The molecule has 2 unspecified atom stereocenters. The number of para-hydroxylation sites is 1. The average Bonchev–Trinajstić information content (AvgIpc) is 3.27. The number of aromatic hydroxyl groups is 1. The minimum Gasteiger partial charge on any atom is -0.507 e. The summed E-state index contributed by atoms with van der Waals surface area (Å²) >= 11 is 0.